The van der Waals surface area contributed by atoms with E-state index in [1.54, 1.807) is 7.11 Å². The van der Waals surface area contributed by atoms with Crippen molar-refractivity contribution in [1.29, 1.82) is 0 Å². The molecule has 9 nitrogen and oxygen atoms in total. The minimum absolute atomic E-state index is 0.411. The minimum Gasteiger partial charge on any atom is -0.385 e. The lowest BCUT2D eigenvalue weighted by molar-refractivity contribution is 0.123. The quantitative estimate of drug-likeness (QED) is 0.241. The van der Waals surface area contributed by atoms with Gasteiger partial charge in [0.15, 0.2) is 17.3 Å². The summed E-state index contributed by atoms with van der Waals surface area (Å²) < 4.78 is 12.8. The summed E-state index contributed by atoms with van der Waals surface area (Å²) in [5, 5.41) is 4.39. The number of amidine groups is 1. The lowest BCUT2D eigenvalue weighted by atomic mass is 10.1. The van der Waals surface area contributed by atoms with Gasteiger partial charge < -0.3 is 24.7 Å². The number of imidazole rings is 1. The predicted octanol–water partition coefficient (Wildman–Crippen LogP) is 2.42. The number of aromatic nitrogens is 3. The Bertz CT molecular complexity index is 1100. The van der Waals surface area contributed by atoms with Crippen LogP contribution in [0.25, 0.3) is 11.2 Å². The van der Waals surface area contributed by atoms with Gasteiger partial charge in [-0.05, 0) is 19.4 Å². The van der Waals surface area contributed by atoms with Crippen LogP contribution in [-0.2, 0) is 22.9 Å². The van der Waals surface area contributed by atoms with Crippen LogP contribution in [-0.4, -0.2) is 60.4 Å². The summed E-state index contributed by atoms with van der Waals surface area (Å²) in [6.45, 7) is 5.73. The molecule has 3 N–H and O–H groups in total. The van der Waals surface area contributed by atoms with Gasteiger partial charge in [0.05, 0.1) is 18.9 Å². The molecule has 0 spiro atoms. The van der Waals surface area contributed by atoms with Gasteiger partial charge in [-0.25, -0.2) is 9.97 Å². The molecule has 0 atom stereocenters. The van der Waals surface area contributed by atoms with E-state index in [4.69, 9.17) is 25.2 Å². The van der Waals surface area contributed by atoms with Crippen molar-refractivity contribution >= 4 is 28.5 Å². The molecule has 1 aromatic carbocycles. The molecular formula is C23H31N7O2. The smallest absolute Gasteiger partial charge is 0.164 e. The second-order valence-electron chi connectivity index (χ2n) is 7.96. The molecule has 0 amide bonds. The van der Waals surface area contributed by atoms with E-state index < -0.39 is 0 Å². The summed E-state index contributed by atoms with van der Waals surface area (Å²) in [6.07, 6.45) is 1.73. The van der Waals surface area contributed by atoms with Crippen LogP contribution in [0.4, 0.5) is 11.5 Å². The van der Waals surface area contributed by atoms with E-state index in [2.05, 4.69) is 15.4 Å². The van der Waals surface area contributed by atoms with Gasteiger partial charge in [0.2, 0.25) is 0 Å². The number of hydrogen-bond acceptors (Lipinski definition) is 7. The van der Waals surface area contributed by atoms with Gasteiger partial charge in [0.25, 0.3) is 0 Å². The van der Waals surface area contributed by atoms with E-state index in [0.717, 1.165) is 59.7 Å². The Morgan fingerprint density at radius 3 is 2.81 bits per heavy atom. The van der Waals surface area contributed by atoms with Gasteiger partial charge in [-0.15, -0.1) is 0 Å². The normalized spacial score (nSPS) is 14.8. The summed E-state index contributed by atoms with van der Waals surface area (Å²) in [5.41, 5.74) is 14.0. The van der Waals surface area contributed by atoms with Crippen LogP contribution in [0.2, 0.25) is 0 Å². The number of aryl methyl sites for hydroxylation is 3. The number of nitrogens with one attached hydrogen (secondary N) is 1. The van der Waals surface area contributed by atoms with Crippen molar-refractivity contribution in [2.75, 3.05) is 50.3 Å². The molecule has 0 radical (unpaired) electrons. The third kappa shape index (κ3) is 4.84. The van der Waals surface area contributed by atoms with Crippen LogP contribution in [0.1, 0.15) is 23.4 Å². The maximum atomic E-state index is 6.21. The second-order valence-corrected chi connectivity index (χ2v) is 7.96. The van der Waals surface area contributed by atoms with Crippen LogP contribution >= 0.6 is 0 Å². The van der Waals surface area contributed by atoms with Crippen molar-refractivity contribution in [3.63, 3.8) is 0 Å². The molecule has 2 aromatic heterocycles. The molecule has 9 heteroatoms. The molecule has 1 saturated heterocycles. The lowest BCUT2D eigenvalue weighted by Gasteiger charge is -2.29. The number of methoxy groups -OCH3 is 1. The van der Waals surface area contributed by atoms with Crippen molar-refractivity contribution in [3.05, 3.63) is 47.3 Å². The number of hydrogen-bond donors (Lipinski definition) is 2. The molecule has 0 aliphatic carbocycles. The number of fused-ring (bicyclic) bond motifs is 1. The number of nitrogens with zero attached hydrogens (tertiary/aromatic N) is 5. The van der Waals surface area contributed by atoms with E-state index in [1.807, 2.05) is 48.9 Å². The zero-order chi connectivity index (χ0) is 22.5. The highest BCUT2D eigenvalue weighted by molar-refractivity contribution is 5.98. The summed E-state index contributed by atoms with van der Waals surface area (Å²) in [5.74, 6) is 2.02. The standard InChI is InChI=1S/C23H31N7O2/c1-16-6-4-7-17(14-16)22(24)28-27-19-15-18(30-9-12-32-13-10-30)21-23(25-19)29(2)20(26-21)8-5-11-31-3/h4,6-7,14-15H,5,8-13H2,1-3H3,(H2,24,28)(H,25,27). The Hall–Kier alpha value is -3.17. The fraction of sp³-hybridized carbons (Fsp3) is 0.435. The maximum Gasteiger partial charge on any atom is 0.164 e. The Labute approximate surface area is 188 Å². The largest absolute Gasteiger partial charge is 0.385 e. The first-order chi connectivity index (χ1) is 15.6. The number of pyridine rings is 1. The van der Waals surface area contributed by atoms with Crippen LogP contribution in [0.3, 0.4) is 0 Å². The molecule has 0 unspecified atom stereocenters. The third-order valence-corrected chi connectivity index (χ3v) is 5.61. The fourth-order valence-electron chi connectivity index (χ4n) is 3.87. The first kappa shape index (κ1) is 22.0. The molecule has 1 aliphatic heterocycles. The topological polar surface area (TPSA) is 103 Å². The number of hydrazone groups is 1. The van der Waals surface area contributed by atoms with E-state index >= 15 is 0 Å². The summed E-state index contributed by atoms with van der Waals surface area (Å²) in [6, 6.07) is 9.93. The highest BCUT2D eigenvalue weighted by Gasteiger charge is 2.20. The molecule has 32 heavy (non-hydrogen) atoms. The molecule has 0 bridgehead atoms. The van der Waals surface area contributed by atoms with Gasteiger partial charge >= 0.3 is 0 Å². The second kappa shape index (κ2) is 9.97. The molecule has 4 rings (SSSR count). The SMILES string of the molecule is COCCCc1nc2c(N3CCOCC3)cc(N/N=C(\N)c3cccc(C)c3)nc2n1C. The Balaban J connectivity index is 1.69. The van der Waals surface area contributed by atoms with Gasteiger partial charge in [0, 0.05) is 51.9 Å². The Kier molecular flexibility index (Phi) is 6.87. The number of rotatable bonds is 8. The van der Waals surface area contributed by atoms with E-state index in [1.165, 1.54) is 0 Å². The van der Waals surface area contributed by atoms with Gasteiger partial charge in [-0.2, -0.15) is 5.10 Å². The van der Waals surface area contributed by atoms with Gasteiger partial charge in [0.1, 0.15) is 11.3 Å². The molecular weight excluding hydrogens is 406 g/mol. The monoisotopic (exact) mass is 437 g/mol. The van der Waals surface area contributed by atoms with Crippen LogP contribution in [0.5, 0.6) is 0 Å². The summed E-state index contributed by atoms with van der Waals surface area (Å²) in [7, 11) is 3.72. The lowest BCUT2D eigenvalue weighted by Crippen LogP contribution is -2.36. The Morgan fingerprint density at radius 1 is 1.25 bits per heavy atom. The summed E-state index contributed by atoms with van der Waals surface area (Å²) >= 11 is 0. The van der Waals surface area contributed by atoms with Crippen molar-refractivity contribution < 1.29 is 9.47 Å². The zero-order valence-corrected chi connectivity index (χ0v) is 19.0. The number of ether oxygens (including phenoxy) is 2. The van der Waals surface area contributed by atoms with Crippen molar-refractivity contribution in [2.45, 2.75) is 19.8 Å². The van der Waals surface area contributed by atoms with Gasteiger partial charge in [-0.1, -0.05) is 23.8 Å². The average molecular weight is 438 g/mol. The number of nitrogens with two attached hydrogens (primary N) is 1. The molecule has 170 valence electrons. The predicted molar refractivity (Wildman–Crippen MR) is 127 cm³/mol. The first-order valence-electron chi connectivity index (χ1n) is 10.9. The maximum absolute atomic E-state index is 6.21. The van der Waals surface area contributed by atoms with Crippen molar-refractivity contribution in [2.24, 2.45) is 17.9 Å². The van der Waals surface area contributed by atoms with E-state index in [9.17, 15) is 0 Å². The van der Waals surface area contributed by atoms with Gasteiger partial charge in [-0.3, -0.25) is 5.43 Å². The molecule has 3 aromatic rings. The Morgan fingerprint density at radius 2 is 2.06 bits per heavy atom. The van der Waals surface area contributed by atoms with Crippen LogP contribution < -0.4 is 16.1 Å². The summed E-state index contributed by atoms with van der Waals surface area (Å²) in [4.78, 5) is 12.0. The van der Waals surface area contributed by atoms with E-state index in [0.29, 0.717) is 31.5 Å². The highest BCUT2D eigenvalue weighted by atomic mass is 16.5. The molecule has 3 heterocycles. The average Bonchev–Trinajstić information content (AvgIpc) is 3.13. The number of anilines is 2. The van der Waals surface area contributed by atoms with Crippen molar-refractivity contribution in [1.82, 2.24) is 14.5 Å². The molecule has 1 aliphatic rings. The van der Waals surface area contributed by atoms with Crippen molar-refractivity contribution in [3.8, 4) is 0 Å². The third-order valence-electron chi connectivity index (χ3n) is 5.61. The first-order valence-corrected chi connectivity index (χ1v) is 10.9. The minimum atomic E-state index is 0.411. The molecule has 1 fully saturated rings. The number of morpholine rings is 1. The fourth-order valence-corrected chi connectivity index (χ4v) is 3.87. The molecule has 0 saturated carbocycles. The zero-order valence-electron chi connectivity index (χ0n) is 19.0. The highest BCUT2D eigenvalue weighted by Crippen LogP contribution is 2.29. The number of benzene rings is 1. The van der Waals surface area contributed by atoms with E-state index in [-0.39, 0.29) is 0 Å². The van der Waals surface area contributed by atoms with Crippen LogP contribution in [0.15, 0.2) is 35.4 Å². The van der Waals surface area contributed by atoms with Crippen LogP contribution in [0, 0.1) is 6.92 Å².